The van der Waals surface area contributed by atoms with Gasteiger partial charge in [-0.2, -0.15) is 0 Å². The molecule has 1 fully saturated rings. The molecule has 4 heteroatoms. The monoisotopic (exact) mass is 226 g/mol. The zero-order valence-electron chi connectivity index (χ0n) is 8.74. The predicted molar refractivity (Wildman–Crippen MR) is 57.0 cm³/mol. The van der Waals surface area contributed by atoms with Crippen LogP contribution in [0.3, 0.4) is 0 Å². The number of carbonyl (C=O) groups excluding carboxylic acids is 1. The summed E-state index contributed by atoms with van der Waals surface area (Å²) in [6, 6.07) is 7.61. The summed E-state index contributed by atoms with van der Waals surface area (Å²) in [5.74, 6) is -0.153. The first-order valence-electron chi connectivity index (χ1n) is 4.80. The third-order valence-electron chi connectivity index (χ3n) is 2.70. The lowest BCUT2D eigenvalue weighted by atomic mass is 10.0. The zero-order valence-corrected chi connectivity index (χ0v) is 9.49. The van der Waals surface area contributed by atoms with E-state index < -0.39 is 0 Å². The molecule has 1 heterocycles. The van der Waals surface area contributed by atoms with Crippen LogP contribution >= 0.6 is 11.6 Å². The molecule has 2 rings (SSSR count). The van der Waals surface area contributed by atoms with Crippen LogP contribution in [0.5, 0.6) is 0 Å². The van der Waals surface area contributed by atoms with Crippen LogP contribution < -0.4 is 0 Å². The van der Waals surface area contributed by atoms with Crippen molar-refractivity contribution in [1.29, 1.82) is 0 Å². The number of benzene rings is 1. The minimum absolute atomic E-state index is 0.0646. The molecule has 0 aromatic heterocycles. The molecule has 1 aliphatic rings. The van der Waals surface area contributed by atoms with E-state index in [9.17, 15) is 4.79 Å². The van der Waals surface area contributed by atoms with Crippen LogP contribution in [0.1, 0.15) is 18.0 Å². The Labute approximate surface area is 93.8 Å². The Hall–Kier alpha value is -1.06. The topological polar surface area (TPSA) is 26.3 Å². The van der Waals surface area contributed by atoms with Crippen molar-refractivity contribution in [3.8, 4) is 0 Å². The number of rotatable bonds is 1. The summed E-state index contributed by atoms with van der Waals surface area (Å²) in [7, 11) is 3.76. The van der Waals surface area contributed by atoms with E-state index in [1.807, 2.05) is 38.4 Å². The molecular weight excluding hydrogens is 214 g/mol. The van der Waals surface area contributed by atoms with E-state index in [0.717, 1.165) is 5.56 Å². The Morgan fingerprint density at radius 3 is 2.40 bits per heavy atom. The average Bonchev–Trinajstić information content (AvgIpc) is 2.41. The number of halogens is 1. The summed E-state index contributed by atoms with van der Waals surface area (Å²) in [6.45, 7) is 0. The Morgan fingerprint density at radius 1 is 1.33 bits per heavy atom. The van der Waals surface area contributed by atoms with Crippen molar-refractivity contribution in [2.24, 2.45) is 0 Å². The summed E-state index contributed by atoms with van der Waals surface area (Å²) in [5, 5.41) is 0.703. The number of hydroxylamine groups is 3. The molecular formula is C11H13ClNO2+. The van der Waals surface area contributed by atoms with Crippen molar-refractivity contribution in [2.45, 2.75) is 12.5 Å². The van der Waals surface area contributed by atoms with E-state index in [-0.39, 0.29) is 16.7 Å². The molecule has 1 atom stereocenters. The smallest absolute Gasteiger partial charge is 0.276 e. The van der Waals surface area contributed by atoms with E-state index in [0.29, 0.717) is 11.4 Å². The lowest BCUT2D eigenvalue weighted by molar-refractivity contribution is -1.07. The van der Waals surface area contributed by atoms with Crippen molar-refractivity contribution in [1.82, 2.24) is 0 Å². The van der Waals surface area contributed by atoms with Crippen molar-refractivity contribution in [3.63, 3.8) is 0 Å². The average molecular weight is 227 g/mol. The fourth-order valence-electron chi connectivity index (χ4n) is 1.90. The third-order valence-corrected chi connectivity index (χ3v) is 2.95. The van der Waals surface area contributed by atoms with Crippen LogP contribution in [-0.4, -0.2) is 24.7 Å². The number of quaternary nitrogens is 1. The van der Waals surface area contributed by atoms with Gasteiger partial charge >= 0.3 is 5.97 Å². The fraction of sp³-hybridized carbons (Fsp3) is 0.364. The van der Waals surface area contributed by atoms with Gasteiger partial charge in [-0.1, -0.05) is 23.7 Å². The highest BCUT2D eigenvalue weighted by Gasteiger charge is 2.44. The molecule has 0 aliphatic carbocycles. The highest BCUT2D eigenvalue weighted by molar-refractivity contribution is 6.30. The van der Waals surface area contributed by atoms with Gasteiger partial charge in [0.15, 0.2) is 6.04 Å². The van der Waals surface area contributed by atoms with Crippen LogP contribution in [0.2, 0.25) is 5.02 Å². The SMILES string of the molecule is C[N+]1(C)OC(=O)CC1c1ccc(Cl)cc1. The molecule has 15 heavy (non-hydrogen) atoms. The van der Waals surface area contributed by atoms with E-state index in [1.54, 1.807) is 0 Å². The lowest BCUT2D eigenvalue weighted by Crippen LogP contribution is -2.37. The molecule has 0 radical (unpaired) electrons. The molecule has 0 spiro atoms. The quantitative estimate of drug-likeness (QED) is 0.687. The Kier molecular flexibility index (Phi) is 2.44. The van der Waals surface area contributed by atoms with Crippen molar-refractivity contribution >= 4 is 17.6 Å². The van der Waals surface area contributed by atoms with Crippen molar-refractivity contribution in [3.05, 3.63) is 34.9 Å². The number of hydrogen-bond donors (Lipinski definition) is 0. The first-order chi connectivity index (χ1) is 6.99. The second kappa shape index (κ2) is 3.51. The number of hydrogen-bond acceptors (Lipinski definition) is 2. The first-order valence-corrected chi connectivity index (χ1v) is 5.18. The highest BCUT2D eigenvalue weighted by Crippen LogP contribution is 2.35. The van der Waals surface area contributed by atoms with Gasteiger partial charge in [-0.3, -0.25) is 4.84 Å². The largest absolute Gasteiger partial charge is 0.373 e. The van der Waals surface area contributed by atoms with E-state index in [1.165, 1.54) is 0 Å². The molecule has 0 saturated carbocycles. The maximum Gasteiger partial charge on any atom is 0.373 e. The van der Waals surface area contributed by atoms with Gasteiger partial charge in [0, 0.05) is 10.6 Å². The van der Waals surface area contributed by atoms with Gasteiger partial charge in [-0.05, 0) is 12.1 Å². The van der Waals surface area contributed by atoms with Crippen LogP contribution in [-0.2, 0) is 9.63 Å². The number of nitrogens with zero attached hydrogens (tertiary/aromatic N) is 1. The maximum absolute atomic E-state index is 11.2. The van der Waals surface area contributed by atoms with Gasteiger partial charge in [0.2, 0.25) is 0 Å². The fourth-order valence-corrected chi connectivity index (χ4v) is 2.03. The summed E-state index contributed by atoms with van der Waals surface area (Å²) in [5.41, 5.74) is 1.08. The van der Waals surface area contributed by atoms with Crippen LogP contribution in [0.25, 0.3) is 0 Å². The summed E-state index contributed by atoms with van der Waals surface area (Å²) >= 11 is 5.81. The first kappa shape index (κ1) is 10.5. The predicted octanol–water partition coefficient (Wildman–Crippen LogP) is 2.32. The van der Waals surface area contributed by atoms with Crippen LogP contribution in [0.4, 0.5) is 0 Å². The molecule has 0 amide bonds. The normalized spacial score (nSPS) is 23.9. The van der Waals surface area contributed by atoms with Gasteiger partial charge in [0.05, 0.1) is 0 Å². The Balaban J connectivity index is 2.31. The molecule has 1 aliphatic heterocycles. The molecule has 1 aromatic rings. The van der Waals surface area contributed by atoms with E-state index >= 15 is 0 Å². The second-order valence-corrected chi connectivity index (χ2v) is 4.61. The molecule has 80 valence electrons. The minimum atomic E-state index is -0.153. The van der Waals surface area contributed by atoms with Gasteiger partial charge in [0.1, 0.15) is 20.5 Å². The maximum atomic E-state index is 11.2. The lowest BCUT2D eigenvalue weighted by Gasteiger charge is -2.26. The summed E-state index contributed by atoms with van der Waals surface area (Å²) < 4.78 is 0.250. The number of carbonyl (C=O) groups is 1. The summed E-state index contributed by atoms with van der Waals surface area (Å²) in [6.07, 6.45) is 0.425. The second-order valence-electron chi connectivity index (χ2n) is 4.17. The van der Waals surface area contributed by atoms with Gasteiger partial charge in [-0.25, -0.2) is 4.79 Å². The van der Waals surface area contributed by atoms with Gasteiger partial charge in [0.25, 0.3) is 0 Å². The Morgan fingerprint density at radius 2 is 1.93 bits per heavy atom. The van der Waals surface area contributed by atoms with Crippen LogP contribution in [0, 0.1) is 0 Å². The van der Waals surface area contributed by atoms with Gasteiger partial charge in [-0.15, -0.1) is 4.65 Å². The highest BCUT2D eigenvalue weighted by atomic mass is 35.5. The molecule has 1 saturated heterocycles. The minimum Gasteiger partial charge on any atom is -0.276 e. The Bertz CT molecular complexity index is 386. The molecule has 3 nitrogen and oxygen atoms in total. The standard InChI is InChI=1S/C11H13ClNO2/c1-13(2)10(7-11(14)15-13)8-3-5-9(12)6-4-8/h3-6,10H,7H2,1-2H3/q+1. The van der Waals surface area contributed by atoms with Crippen molar-refractivity contribution < 1.29 is 14.3 Å². The molecule has 0 bridgehead atoms. The third kappa shape index (κ3) is 1.98. The van der Waals surface area contributed by atoms with Crippen LogP contribution in [0.15, 0.2) is 24.3 Å². The molecule has 0 N–H and O–H groups in total. The van der Waals surface area contributed by atoms with Crippen molar-refractivity contribution in [2.75, 3.05) is 14.1 Å². The van der Waals surface area contributed by atoms with E-state index in [2.05, 4.69) is 0 Å². The van der Waals surface area contributed by atoms with Gasteiger partial charge < -0.3 is 0 Å². The summed E-state index contributed by atoms with van der Waals surface area (Å²) in [4.78, 5) is 16.5. The molecule has 1 unspecified atom stereocenters. The zero-order chi connectivity index (χ0) is 11.1. The van der Waals surface area contributed by atoms with E-state index in [4.69, 9.17) is 16.4 Å². The molecule has 1 aromatic carbocycles.